The molecule has 1 aliphatic rings. The summed E-state index contributed by atoms with van der Waals surface area (Å²) in [5.74, 6) is 6.66. The third kappa shape index (κ3) is 3.22. The average molecular weight is 281 g/mol. The molecule has 1 heterocycles. The van der Waals surface area contributed by atoms with E-state index in [2.05, 4.69) is 24.2 Å². The highest BCUT2D eigenvalue weighted by Crippen LogP contribution is 2.47. The molecule has 1 fully saturated rings. The number of hydrogen-bond acceptors (Lipinski definition) is 3. The Morgan fingerprint density at radius 1 is 1.33 bits per heavy atom. The van der Waals surface area contributed by atoms with Crippen LogP contribution in [0.15, 0.2) is 40.8 Å². The van der Waals surface area contributed by atoms with Crippen LogP contribution in [0.5, 0.6) is 5.75 Å². The van der Waals surface area contributed by atoms with Gasteiger partial charge in [0.25, 0.3) is 0 Å². The summed E-state index contributed by atoms with van der Waals surface area (Å²) in [6.45, 7) is 3.16. The Balaban J connectivity index is 1.62. The largest absolute Gasteiger partial charge is 0.479 e. The molecular formula is C18H19NO2. The summed E-state index contributed by atoms with van der Waals surface area (Å²) in [5.41, 5.74) is 0.922. The molecule has 21 heavy (non-hydrogen) atoms. The van der Waals surface area contributed by atoms with E-state index in [0.29, 0.717) is 12.5 Å². The summed E-state index contributed by atoms with van der Waals surface area (Å²) in [4.78, 5) is 0. The molecule has 1 aromatic carbocycles. The number of anilines is 1. The Bertz CT molecular complexity index is 653. The molecule has 1 saturated carbocycles. The first kappa shape index (κ1) is 13.6. The molecule has 2 atom stereocenters. The highest BCUT2D eigenvalue weighted by atomic mass is 16.5. The number of terminal acetylenes is 1. The van der Waals surface area contributed by atoms with Crippen LogP contribution in [0.25, 0.3) is 0 Å². The lowest BCUT2D eigenvalue weighted by Crippen LogP contribution is -2.02. The maximum Gasteiger partial charge on any atom is 0.148 e. The average Bonchev–Trinajstić information content (AvgIpc) is 3.05. The van der Waals surface area contributed by atoms with Crippen LogP contribution in [-0.4, -0.2) is 6.61 Å². The minimum absolute atomic E-state index is 0.267. The minimum Gasteiger partial charge on any atom is -0.479 e. The molecule has 0 amide bonds. The fraction of sp³-hybridized carbons (Fsp3) is 0.333. The molecule has 0 unspecified atom stereocenters. The number of furan rings is 1. The van der Waals surface area contributed by atoms with Crippen LogP contribution in [-0.2, 0) is 6.54 Å². The number of hydrogen-bond donors (Lipinski definition) is 1. The Labute approximate surface area is 125 Å². The van der Waals surface area contributed by atoms with Crippen LogP contribution in [0.3, 0.4) is 0 Å². The van der Waals surface area contributed by atoms with Gasteiger partial charge in [-0.15, -0.1) is 6.42 Å². The predicted molar refractivity (Wildman–Crippen MR) is 83.3 cm³/mol. The highest BCUT2D eigenvalue weighted by Gasteiger charge is 2.36. The van der Waals surface area contributed by atoms with Gasteiger partial charge in [-0.1, -0.05) is 25.0 Å². The van der Waals surface area contributed by atoms with E-state index in [0.717, 1.165) is 28.9 Å². The minimum atomic E-state index is 0.267. The summed E-state index contributed by atoms with van der Waals surface area (Å²) >= 11 is 0. The van der Waals surface area contributed by atoms with Crippen LogP contribution < -0.4 is 10.1 Å². The monoisotopic (exact) mass is 281 g/mol. The zero-order valence-corrected chi connectivity index (χ0v) is 12.1. The second-order valence-corrected chi connectivity index (χ2v) is 5.47. The van der Waals surface area contributed by atoms with Crippen LogP contribution in [0.1, 0.15) is 30.8 Å². The van der Waals surface area contributed by atoms with Crippen molar-refractivity contribution < 1.29 is 9.15 Å². The van der Waals surface area contributed by atoms with E-state index in [4.69, 9.17) is 15.6 Å². The summed E-state index contributed by atoms with van der Waals surface area (Å²) in [7, 11) is 0. The van der Waals surface area contributed by atoms with Gasteiger partial charge >= 0.3 is 0 Å². The van der Waals surface area contributed by atoms with Crippen molar-refractivity contribution in [3.63, 3.8) is 0 Å². The SMILES string of the molecule is C#CCOc1ccccc1NCc1ccc([C@@H]2C[C@@H]2C)o1. The first-order chi connectivity index (χ1) is 10.3. The van der Waals surface area contributed by atoms with Gasteiger partial charge in [-0.2, -0.15) is 0 Å². The van der Waals surface area contributed by atoms with Crippen molar-refractivity contribution in [3.05, 3.63) is 47.9 Å². The molecule has 3 heteroatoms. The van der Waals surface area contributed by atoms with E-state index in [9.17, 15) is 0 Å². The van der Waals surface area contributed by atoms with Gasteiger partial charge < -0.3 is 14.5 Å². The molecule has 108 valence electrons. The molecule has 0 radical (unpaired) electrons. The Morgan fingerprint density at radius 3 is 2.90 bits per heavy atom. The molecule has 0 bridgehead atoms. The lowest BCUT2D eigenvalue weighted by molar-refractivity contribution is 0.372. The van der Waals surface area contributed by atoms with Crippen molar-refractivity contribution in [3.8, 4) is 18.1 Å². The second kappa shape index (κ2) is 5.97. The zero-order valence-electron chi connectivity index (χ0n) is 12.1. The fourth-order valence-corrected chi connectivity index (χ4v) is 2.45. The van der Waals surface area contributed by atoms with Crippen molar-refractivity contribution in [2.24, 2.45) is 5.92 Å². The number of ether oxygens (including phenoxy) is 1. The Hall–Kier alpha value is -2.34. The number of para-hydroxylation sites is 2. The van der Waals surface area contributed by atoms with Crippen molar-refractivity contribution in [1.82, 2.24) is 0 Å². The molecular weight excluding hydrogens is 262 g/mol. The number of nitrogens with one attached hydrogen (secondary N) is 1. The van der Waals surface area contributed by atoms with E-state index in [1.54, 1.807) is 0 Å². The third-order valence-electron chi connectivity index (χ3n) is 3.81. The maximum atomic E-state index is 5.89. The van der Waals surface area contributed by atoms with E-state index in [1.165, 1.54) is 6.42 Å². The second-order valence-electron chi connectivity index (χ2n) is 5.47. The molecule has 3 rings (SSSR count). The van der Waals surface area contributed by atoms with Crippen molar-refractivity contribution in [2.75, 3.05) is 11.9 Å². The van der Waals surface area contributed by atoms with Gasteiger partial charge in [-0.3, -0.25) is 0 Å². The number of benzene rings is 1. The van der Waals surface area contributed by atoms with Gasteiger partial charge in [0.15, 0.2) is 0 Å². The lowest BCUT2D eigenvalue weighted by atomic mass is 10.2. The molecule has 2 aromatic rings. The summed E-state index contributed by atoms with van der Waals surface area (Å²) in [6, 6.07) is 11.9. The van der Waals surface area contributed by atoms with Gasteiger partial charge in [0, 0.05) is 5.92 Å². The van der Waals surface area contributed by atoms with Gasteiger partial charge in [0.1, 0.15) is 23.9 Å². The Kier molecular flexibility index (Phi) is 3.87. The smallest absolute Gasteiger partial charge is 0.148 e. The maximum absolute atomic E-state index is 5.89. The normalized spacial score (nSPS) is 19.8. The third-order valence-corrected chi connectivity index (χ3v) is 3.81. The zero-order chi connectivity index (χ0) is 14.7. The van der Waals surface area contributed by atoms with Crippen LogP contribution in [0.2, 0.25) is 0 Å². The predicted octanol–water partition coefficient (Wildman–Crippen LogP) is 4.03. The standard InChI is InChI=1S/C18H19NO2/c1-3-10-20-18-7-5-4-6-16(18)19-12-14-8-9-17(21-14)15-11-13(15)2/h1,4-9,13,15,19H,10-12H2,2H3/t13-,15+/m0/s1. The quantitative estimate of drug-likeness (QED) is 0.812. The molecule has 1 aromatic heterocycles. The van der Waals surface area contributed by atoms with Crippen molar-refractivity contribution in [1.29, 1.82) is 0 Å². The summed E-state index contributed by atoms with van der Waals surface area (Å²) < 4.78 is 11.4. The fourth-order valence-electron chi connectivity index (χ4n) is 2.45. The van der Waals surface area contributed by atoms with Gasteiger partial charge in [0.2, 0.25) is 0 Å². The molecule has 3 nitrogen and oxygen atoms in total. The molecule has 1 aliphatic carbocycles. The molecule has 0 aliphatic heterocycles. The van der Waals surface area contributed by atoms with Crippen molar-refractivity contribution >= 4 is 5.69 Å². The van der Waals surface area contributed by atoms with Crippen molar-refractivity contribution in [2.45, 2.75) is 25.8 Å². The molecule has 0 saturated heterocycles. The first-order valence-electron chi connectivity index (χ1n) is 7.25. The van der Waals surface area contributed by atoms with Crippen LogP contribution in [0, 0.1) is 18.3 Å². The van der Waals surface area contributed by atoms with Gasteiger partial charge in [-0.05, 0) is 36.6 Å². The van der Waals surface area contributed by atoms with E-state index >= 15 is 0 Å². The van der Waals surface area contributed by atoms with Gasteiger partial charge in [0.05, 0.1) is 12.2 Å². The lowest BCUT2D eigenvalue weighted by Gasteiger charge is -2.10. The molecule has 1 N–H and O–H groups in total. The molecule has 0 spiro atoms. The van der Waals surface area contributed by atoms with Gasteiger partial charge in [-0.25, -0.2) is 0 Å². The topological polar surface area (TPSA) is 34.4 Å². The Morgan fingerprint density at radius 2 is 2.14 bits per heavy atom. The van der Waals surface area contributed by atoms with E-state index < -0.39 is 0 Å². The van der Waals surface area contributed by atoms with E-state index in [1.807, 2.05) is 30.3 Å². The summed E-state index contributed by atoms with van der Waals surface area (Å²) in [6.07, 6.45) is 6.47. The van der Waals surface area contributed by atoms with E-state index in [-0.39, 0.29) is 6.61 Å². The highest BCUT2D eigenvalue weighted by molar-refractivity contribution is 5.56. The first-order valence-corrected chi connectivity index (χ1v) is 7.25. The summed E-state index contributed by atoms with van der Waals surface area (Å²) in [5, 5.41) is 3.33. The van der Waals surface area contributed by atoms with Crippen LogP contribution >= 0.6 is 0 Å². The van der Waals surface area contributed by atoms with Crippen LogP contribution in [0.4, 0.5) is 5.69 Å². The number of rotatable bonds is 6.